The molecule has 148 valence electrons. The van der Waals surface area contributed by atoms with Crippen molar-refractivity contribution in [3.05, 3.63) is 89.9 Å². The van der Waals surface area contributed by atoms with Gasteiger partial charge in [-0.25, -0.2) is 14.4 Å². The molecule has 5 aromatic rings. The molecule has 4 heterocycles. The van der Waals surface area contributed by atoms with Gasteiger partial charge in [0, 0.05) is 12.4 Å². The van der Waals surface area contributed by atoms with E-state index in [0.717, 1.165) is 5.69 Å². The number of thiazole rings is 1. The van der Waals surface area contributed by atoms with Gasteiger partial charge in [-0.1, -0.05) is 23.5 Å². The molecule has 0 unspecified atom stereocenters. The molecule has 0 aliphatic rings. The zero-order chi connectivity index (χ0) is 20.7. The number of anilines is 1. The second-order valence-corrected chi connectivity index (χ2v) is 7.80. The predicted molar refractivity (Wildman–Crippen MR) is 114 cm³/mol. The lowest BCUT2D eigenvalue weighted by atomic mass is 10.2. The minimum absolute atomic E-state index is 0.238. The molecule has 1 aromatic carbocycles. The summed E-state index contributed by atoms with van der Waals surface area (Å²) in [5.74, 6) is -0.575. The molecule has 6 nitrogen and oxygen atoms in total. The van der Waals surface area contributed by atoms with Gasteiger partial charge >= 0.3 is 0 Å². The molecule has 0 fully saturated rings. The summed E-state index contributed by atoms with van der Waals surface area (Å²) in [6, 6.07) is 15.6. The molecule has 0 radical (unpaired) electrons. The van der Waals surface area contributed by atoms with Crippen LogP contribution in [0, 0.1) is 12.7 Å². The van der Waals surface area contributed by atoms with Crippen molar-refractivity contribution in [3.8, 4) is 0 Å². The average Bonchev–Trinajstić information content (AvgIpc) is 3.31. The fraction of sp³-hybridized carbons (Fsp3) is 0.0909. The molecule has 0 bridgehead atoms. The molecular formula is C22H16FN5OS. The van der Waals surface area contributed by atoms with Crippen LogP contribution in [0.15, 0.2) is 67.0 Å². The fourth-order valence-corrected chi connectivity index (χ4v) is 4.37. The summed E-state index contributed by atoms with van der Waals surface area (Å²) >= 11 is 1.27. The lowest BCUT2D eigenvalue weighted by molar-refractivity contribution is 0.0978. The van der Waals surface area contributed by atoms with Crippen molar-refractivity contribution in [2.75, 3.05) is 4.90 Å². The number of hydrogen-bond acceptors (Lipinski definition) is 5. The molecule has 0 saturated carbocycles. The molecule has 0 aliphatic heterocycles. The number of aryl methyl sites for hydroxylation is 1. The first-order valence-electron chi connectivity index (χ1n) is 9.32. The van der Waals surface area contributed by atoms with Crippen molar-refractivity contribution in [3.63, 3.8) is 0 Å². The van der Waals surface area contributed by atoms with Crippen LogP contribution in [0.1, 0.15) is 21.9 Å². The molecule has 0 saturated heterocycles. The van der Waals surface area contributed by atoms with E-state index in [9.17, 15) is 9.18 Å². The highest BCUT2D eigenvalue weighted by Crippen LogP contribution is 2.31. The number of fused-ring (bicyclic) bond motifs is 2. The number of halogens is 1. The number of carbonyl (C=O) groups is 1. The van der Waals surface area contributed by atoms with Crippen molar-refractivity contribution in [2.45, 2.75) is 13.5 Å². The summed E-state index contributed by atoms with van der Waals surface area (Å²) in [7, 11) is 0. The normalized spacial score (nSPS) is 11.3. The molecule has 1 amide bonds. The summed E-state index contributed by atoms with van der Waals surface area (Å²) in [4.78, 5) is 28.8. The molecule has 8 heteroatoms. The van der Waals surface area contributed by atoms with Crippen molar-refractivity contribution in [2.24, 2.45) is 0 Å². The average molecular weight is 417 g/mol. The van der Waals surface area contributed by atoms with E-state index in [1.165, 1.54) is 23.5 Å². The van der Waals surface area contributed by atoms with Crippen LogP contribution in [-0.2, 0) is 6.54 Å². The standard InChI is InChI=1S/C22H16FN5OS/c1-14-20(27-11-5-3-7-19(27)25-14)21(29)28(13-16-6-2-4-10-24-16)22-26-17-9-8-15(23)12-18(17)30-22/h2-12H,13H2,1H3. The lowest BCUT2D eigenvalue weighted by Gasteiger charge is -2.19. The van der Waals surface area contributed by atoms with Crippen LogP contribution in [0.3, 0.4) is 0 Å². The van der Waals surface area contributed by atoms with Gasteiger partial charge in [0.05, 0.1) is 28.1 Å². The van der Waals surface area contributed by atoms with Gasteiger partial charge in [0.2, 0.25) is 0 Å². The molecule has 0 atom stereocenters. The number of carbonyl (C=O) groups excluding carboxylic acids is 1. The van der Waals surface area contributed by atoms with E-state index in [1.54, 1.807) is 21.6 Å². The van der Waals surface area contributed by atoms with Gasteiger partial charge in [-0.3, -0.25) is 19.1 Å². The lowest BCUT2D eigenvalue weighted by Crippen LogP contribution is -2.32. The molecule has 30 heavy (non-hydrogen) atoms. The summed E-state index contributed by atoms with van der Waals surface area (Å²) in [5, 5.41) is 0.483. The Balaban J connectivity index is 1.64. The van der Waals surface area contributed by atoms with Crippen LogP contribution < -0.4 is 4.90 Å². The van der Waals surface area contributed by atoms with Crippen LogP contribution in [0.25, 0.3) is 15.9 Å². The van der Waals surface area contributed by atoms with Crippen molar-refractivity contribution in [1.29, 1.82) is 0 Å². The fourth-order valence-electron chi connectivity index (χ4n) is 3.38. The van der Waals surface area contributed by atoms with Crippen LogP contribution in [0.5, 0.6) is 0 Å². The van der Waals surface area contributed by atoms with E-state index in [0.29, 0.717) is 32.4 Å². The second kappa shape index (κ2) is 7.31. The molecular weight excluding hydrogens is 401 g/mol. The van der Waals surface area contributed by atoms with Crippen LogP contribution in [0.4, 0.5) is 9.52 Å². The Labute approximate surface area is 175 Å². The summed E-state index contributed by atoms with van der Waals surface area (Å²) in [6.45, 7) is 2.05. The Morgan fingerprint density at radius 2 is 2.00 bits per heavy atom. The van der Waals surface area contributed by atoms with Gasteiger partial charge in [0.15, 0.2) is 5.13 Å². The minimum Gasteiger partial charge on any atom is -0.295 e. The van der Waals surface area contributed by atoms with E-state index in [-0.39, 0.29) is 18.3 Å². The number of benzene rings is 1. The largest absolute Gasteiger partial charge is 0.295 e. The summed E-state index contributed by atoms with van der Waals surface area (Å²) in [6.07, 6.45) is 3.50. The highest BCUT2D eigenvalue weighted by molar-refractivity contribution is 7.22. The Bertz CT molecular complexity index is 1380. The van der Waals surface area contributed by atoms with E-state index in [1.807, 2.05) is 49.5 Å². The highest BCUT2D eigenvalue weighted by Gasteiger charge is 2.26. The van der Waals surface area contributed by atoms with E-state index >= 15 is 0 Å². The zero-order valence-corrected chi connectivity index (χ0v) is 16.8. The van der Waals surface area contributed by atoms with Gasteiger partial charge in [-0.2, -0.15) is 0 Å². The predicted octanol–water partition coefficient (Wildman–Crippen LogP) is 4.63. The first-order valence-corrected chi connectivity index (χ1v) is 10.1. The van der Waals surface area contributed by atoms with E-state index in [2.05, 4.69) is 15.0 Å². The maximum Gasteiger partial charge on any atom is 0.279 e. The first kappa shape index (κ1) is 18.4. The Kier molecular flexibility index (Phi) is 4.48. The van der Waals surface area contributed by atoms with Gasteiger partial charge in [0.25, 0.3) is 5.91 Å². The molecule has 0 spiro atoms. The number of rotatable bonds is 4. The second-order valence-electron chi connectivity index (χ2n) is 6.80. The number of aromatic nitrogens is 4. The number of hydrogen-bond donors (Lipinski definition) is 0. The van der Waals surface area contributed by atoms with E-state index < -0.39 is 0 Å². The SMILES string of the molecule is Cc1nc2ccccn2c1C(=O)N(Cc1ccccn1)c1nc2ccc(F)cc2s1. The van der Waals surface area contributed by atoms with Gasteiger partial charge in [-0.15, -0.1) is 0 Å². The van der Waals surface area contributed by atoms with Crippen LogP contribution in [0.2, 0.25) is 0 Å². The van der Waals surface area contributed by atoms with Gasteiger partial charge < -0.3 is 0 Å². The molecule has 0 N–H and O–H groups in total. The maximum atomic E-state index is 13.7. The number of nitrogens with zero attached hydrogens (tertiary/aromatic N) is 5. The van der Waals surface area contributed by atoms with Gasteiger partial charge in [0.1, 0.15) is 17.2 Å². The van der Waals surface area contributed by atoms with Gasteiger partial charge in [-0.05, 0) is 49.4 Å². The topological polar surface area (TPSA) is 63.4 Å². The first-order chi connectivity index (χ1) is 14.6. The van der Waals surface area contributed by atoms with Crippen molar-refractivity contribution < 1.29 is 9.18 Å². The Hall–Kier alpha value is -3.65. The number of pyridine rings is 2. The zero-order valence-electron chi connectivity index (χ0n) is 16.0. The van der Waals surface area contributed by atoms with E-state index in [4.69, 9.17) is 0 Å². The smallest absolute Gasteiger partial charge is 0.279 e. The monoisotopic (exact) mass is 417 g/mol. The highest BCUT2D eigenvalue weighted by atomic mass is 32.1. The quantitative estimate of drug-likeness (QED) is 0.428. The van der Waals surface area contributed by atoms with Crippen molar-refractivity contribution in [1.82, 2.24) is 19.4 Å². The number of imidazole rings is 1. The third-order valence-corrected chi connectivity index (χ3v) is 5.81. The molecule has 4 aromatic heterocycles. The van der Waals surface area contributed by atoms with Crippen molar-refractivity contribution >= 4 is 38.2 Å². The maximum absolute atomic E-state index is 13.7. The molecule has 5 rings (SSSR count). The number of amides is 1. The third-order valence-electron chi connectivity index (χ3n) is 4.77. The summed E-state index contributed by atoms with van der Waals surface area (Å²) < 4.78 is 16.1. The summed E-state index contributed by atoms with van der Waals surface area (Å²) in [5.41, 5.74) is 3.16. The van der Waals surface area contributed by atoms with Crippen LogP contribution in [-0.4, -0.2) is 25.3 Å². The van der Waals surface area contributed by atoms with Crippen LogP contribution >= 0.6 is 11.3 Å². The molecule has 0 aliphatic carbocycles. The Morgan fingerprint density at radius 1 is 1.13 bits per heavy atom. The minimum atomic E-state index is -0.335. The third kappa shape index (κ3) is 3.21. The Morgan fingerprint density at radius 3 is 2.83 bits per heavy atom.